The summed E-state index contributed by atoms with van der Waals surface area (Å²) in [5.41, 5.74) is 1.93. The van der Waals surface area contributed by atoms with Crippen LogP contribution in [0.4, 0.5) is 5.69 Å². The van der Waals surface area contributed by atoms with Gasteiger partial charge in [-0.2, -0.15) is 0 Å². The van der Waals surface area contributed by atoms with Gasteiger partial charge in [0.15, 0.2) is 6.61 Å². The van der Waals surface area contributed by atoms with Crippen molar-refractivity contribution in [3.8, 4) is 0 Å². The molecule has 0 bridgehead atoms. The van der Waals surface area contributed by atoms with E-state index in [1.54, 1.807) is 36.4 Å². The van der Waals surface area contributed by atoms with Crippen molar-refractivity contribution in [2.24, 2.45) is 0 Å². The van der Waals surface area contributed by atoms with Crippen LogP contribution < -0.4 is 10.6 Å². The van der Waals surface area contributed by atoms with Crippen LogP contribution in [-0.2, 0) is 14.3 Å². The van der Waals surface area contributed by atoms with E-state index in [0.29, 0.717) is 5.69 Å². The third-order valence-corrected chi connectivity index (χ3v) is 3.83. The number of anilines is 1. The Morgan fingerprint density at radius 1 is 1.08 bits per heavy atom. The number of benzene rings is 2. The van der Waals surface area contributed by atoms with E-state index in [9.17, 15) is 14.4 Å². The van der Waals surface area contributed by atoms with Crippen molar-refractivity contribution in [2.45, 2.75) is 19.9 Å². The Morgan fingerprint density at radius 2 is 1.73 bits per heavy atom. The normalized spacial score (nSPS) is 11.3. The third kappa shape index (κ3) is 5.60. The summed E-state index contributed by atoms with van der Waals surface area (Å²) in [7, 11) is 0. The van der Waals surface area contributed by atoms with Crippen molar-refractivity contribution in [1.82, 2.24) is 5.32 Å². The highest BCUT2D eigenvalue weighted by Gasteiger charge is 2.20. The number of carbonyl (C=O) groups excluding carboxylic acids is 3. The molecule has 2 aromatic rings. The first-order valence-corrected chi connectivity index (χ1v) is 8.33. The average molecular weight is 375 g/mol. The zero-order valence-corrected chi connectivity index (χ0v) is 15.2. The summed E-state index contributed by atoms with van der Waals surface area (Å²) in [6.45, 7) is 2.96. The molecule has 0 fully saturated rings. The van der Waals surface area contributed by atoms with E-state index in [1.165, 1.54) is 6.92 Å². The number of amides is 2. The van der Waals surface area contributed by atoms with E-state index < -0.39 is 30.4 Å². The molecule has 0 saturated heterocycles. The quantitative estimate of drug-likeness (QED) is 0.761. The molecule has 0 unspecified atom stereocenters. The molecule has 0 aliphatic rings. The Bertz CT molecular complexity index is 805. The van der Waals surface area contributed by atoms with Gasteiger partial charge in [0.05, 0.1) is 10.6 Å². The molecule has 1 atom stereocenters. The van der Waals surface area contributed by atoms with Crippen molar-refractivity contribution < 1.29 is 19.1 Å². The number of esters is 1. The second-order valence-electron chi connectivity index (χ2n) is 5.70. The first-order chi connectivity index (χ1) is 12.4. The minimum atomic E-state index is -0.925. The fraction of sp³-hybridized carbons (Fsp3) is 0.211. The van der Waals surface area contributed by atoms with Gasteiger partial charge >= 0.3 is 5.97 Å². The molecule has 0 saturated carbocycles. The Hall–Kier alpha value is -2.86. The van der Waals surface area contributed by atoms with Crippen molar-refractivity contribution in [3.05, 3.63) is 64.7 Å². The van der Waals surface area contributed by atoms with E-state index in [4.69, 9.17) is 16.3 Å². The predicted molar refractivity (Wildman–Crippen MR) is 99.1 cm³/mol. The fourth-order valence-electron chi connectivity index (χ4n) is 2.07. The molecule has 2 rings (SSSR count). The van der Waals surface area contributed by atoms with E-state index in [1.807, 2.05) is 19.1 Å². The van der Waals surface area contributed by atoms with Gasteiger partial charge in [0.2, 0.25) is 0 Å². The van der Waals surface area contributed by atoms with Gasteiger partial charge < -0.3 is 15.4 Å². The zero-order valence-electron chi connectivity index (χ0n) is 14.4. The van der Waals surface area contributed by atoms with E-state index in [0.717, 1.165) is 5.56 Å². The number of ether oxygens (including phenoxy) is 1. The van der Waals surface area contributed by atoms with Crippen molar-refractivity contribution >= 4 is 35.1 Å². The van der Waals surface area contributed by atoms with Crippen molar-refractivity contribution in [1.29, 1.82) is 0 Å². The zero-order chi connectivity index (χ0) is 19.1. The van der Waals surface area contributed by atoms with Gasteiger partial charge in [-0.3, -0.25) is 9.59 Å². The predicted octanol–water partition coefficient (Wildman–Crippen LogP) is 2.95. The molecule has 2 amide bonds. The summed E-state index contributed by atoms with van der Waals surface area (Å²) >= 11 is 5.94. The van der Waals surface area contributed by atoms with E-state index >= 15 is 0 Å². The van der Waals surface area contributed by atoms with Gasteiger partial charge in [-0.25, -0.2) is 4.79 Å². The smallest absolute Gasteiger partial charge is 0.328 e. The van der Waals surface area contributed by atoms with Crippen molar-refractivity contribution in [3.63, 3.8) is 0 Å². The maximum absolute atomic E-state index is 12.1. The number of rotatable bonds is 6. The molecule has 2 aromatic carbocycles. The number of hydrogen-bond donors (Lipinski definition) is 2. The Morgan fingerprint density at radius 3 is 2.38 bits per heavy atom. The van der Waals surface area contributed by atoms with Crippen LogP contribution >= 0.6 is 11.6 Å². The molecule has 2 N–H and O–H groups in total. The lowest BCUT2D eigenvalue weighted by Gasteiger charge is -2.14. The van der Waals surface area contributed by atoms with Crippen LogP contribution in [-0.4, -0.2) is 30.4 Å². The summed E-state index contributed by atoms with van der Waals surface area (Å²) in [4.78, 5) is 35.9. The molecule has 6 nitrogen and oxygen atoms in total. The molecule has 0 spiro atoms. The monoisotopic (exact) mass is 374 g/mol. The molecular formula is C19H19ClN2O4. The highest BCUT2D eigenvalue weighted by Crippen LogP contribution is 2.14. The highest BCUT2D eigenvalue weighted by molar-refractivity contribution is 6.33. The first-order valence-electron chi connectivity index (χ1n) is 7.95. The molecule has 136 valence electrons. The molecule has 7 heteroatoms. The lowest BCUT2D eigenvalue weighted by Crippen LogP contribution is -2.40. The summed E-state index contributed by atoms with van der Waals surface area (Å²) in [6.07, 6.45) is 0. The van der Waals surface area contributed by atoms with Crippen LogP contribution in [0, 0.1) is 6.92 Å². The van der Waals surface area contributed by atoms with Gasteiger partial charge in [-0.05, 0) is 38.1 Å². The van der Waals surface area contributed by atoms with Crippen molar-refractivity contribution in [2.75, 3.05) is 11.9 Å². The number of aryl methyl sites for hydroxylation is 1. The van der Waals surface area contributed by atoms with Gasteiger partial charge in [0.1, 0.15) is 6.04 Å². The number of hydrogen-bond acceptors (Lipinski definition) is 4. The fourth-order valence-corrected chi connectivity index (χ4v) is 2.30. The summed E-state index contributed by atoms with van der Waals surface area (Å²) < 4.78 is 4.93. The van der Waals surface area contributed by atoms with Crippen LogP contribution in [0.15, 0.2) is 48.5 Å². The summed E-state index contributed by atoms with van der Waals surface area (Å²) in [6, 6.07) is 12.8. The second kappa shape index (κ2) is 9.01. The van der Waals surface area contributed by atoms with E-state index in [-0.39, 0.29) is 10.6 Å². The second-order valence-corrected chi connectivity index (χ2v) is 6.10. The molecule has 0 aliphatic heterocycles. The SMILES string of the molecule is Cc1ccc(NC(=O)COC(=O)[C@H](C)NC(=O)c2ccccc2Cl)cc1. The van der Waals surface area contributed by atoms with E-state index in [2.05, 4.69) is 10.6 Å². The molecule has 26 heavy (non-hydrogen) atoms. The highest BCUT2D eigenvalue weighted by atomic mass is 35.5. The lowest BCUT2D eigenvalue weighted by atomic mass is 10.2. The maximum Gasteiger partial charge on any atom is 0.328 e. The van der Waals surface area contributed by atoms with Crippen LogP contribution in [0.1, 0.15) is 22.8 Å². The van der Waals surface area contributed by atoms with Crippen LogP contribution in [0.2, 0.25) is 5.02 Å². The lowest BCUT2D eigenvalue weighted by molar-refractivity contribution is -0.148. The summed E-state index contributed by atoms with van der Waals surface area (Å²) in [5.74, 6) is -1.68. The van der Waals surface area contributed by atoms with Crippen LogP contribution in [0.3, 0.4) is 0 Å². The first kappa shape index (κ1) is 19.5. The molecular weight excluding hydrogens is 356 g/mol. The van der Waals surface area contributed by atoms with Crippen LogP contribution in [0.5, 0.6) is 0 Å². The third-order valence-electron chi connectivity index (χ3n) is 3.50. The molecule has 0 heterocycles. The number of nitrogens with one attached hydrogen (secondary N) is 2. The minimum absolute atomic E-state index is 0.255. The maximum atomic E-state index is 12.1. The molecule has 0 aromatic heterocycles. The summed E-state index contributed by atoms with van der Waals surface area (Å²) in [5, 5.41) is 5.38. The standard InChI is InChI=1S/C19H19ClN2O4/c1-12-7-9-14(10-8-12)22-17(23)11-26-19(25)13(2)21-18(24)15-5-3-4-6-16(15)20/h3-10,13H,11H2,1-2H3,(H,21,24)(H,22,23)/t13-/m0/s1. The average Bonchev–Trinajstić information content (AvgIpc) is 2.61. The Labute approximate surface area is 156 Å². The van der Waals surface area contributed by atoms with Gasteiger partial charge in [0.25, 0.3) is 11.8 Å². The van der Waals surface area contributed by atoms with Gasteiger partial charge in [0, 0.05) is 5.69 Å². The number of halogens is 1. The van der Waals surface area contributed by atoms with Gasteiger partial charge in [-0.15, -0.1) is 0 Å². The van der Waals surface area contributed by atoms with Crippen LogP contribution in [0.25, 0.3) is 0 Å². The molecule has 0 radical (unpaired) electrons. The minimum Gasteiger partial charge on any atom is -0.454 e. The van der Waals surface area contributed by atoms with Gasteiger partial charge in [-0.1, -0.05) is 41.4 Å². The number of carbonyl (C=O) groups is 3. The Balaban J connectivity index is 1.81. The topological polar surface area (TPSA) is 84.5 Å². The molecule has 0 aliphatic carbocycles. The largest absolute Gasteiger partial charge is 0.454 e. The Kier molecular flexibility index (Phi) is 6.74.